The van der Waals surface area contributed by atoms with Crippen LogP contribution in [0.25, 0.3) is 10.9 Å². The summed E-state index contributed by atoms with van der Waals surface area (Å²) in [5.41, 5.74) is 1.82. The van der Waals surface area contributed by atoms with Crippen LogP contribution in [-0.4, -0.2) is 36.7 Å². The van der Waals surface area contributed by atoms with Gasteiger partial charge in [0, 0.05) is 30.2 Å². The van der Waals surface area contributed by atoms with Crippen molar-refractivity contribution < 1.29 is 17.6 Å². The average molecular weight is 442 g/mol. The number of benzene rings is 2. The molecule has 1 N–H and O–H groups in total. The topological polar surface area (TPSA) is 79.4 Å². The number of sulfonamides is 1. The van der Waals surface area contributed by atoms with Crippen molar-refractivity contribution in [2.24, 2.45) is 5.92 Å². The Balaban J connectivity index is 1.51. The Bertz CT molecular complexity index is 1230. The lowest BCUT2D eigenvalue weighted by Gasteiger charge is -2.29. The van der Waals surface area contributed by atoms with Crippen molar-refractivity contribution >= 4 is 32.5 Å². The van der Waals surface area contributed by atoms with E-state index in [1.54, 1.807) is 31.2 Å². The van der Waals surface area contributed by atoms with E-state index in [-0.39, 0.29) is 16.6 Å². The first-order valence-corrected chi connectivity index (χ1v) is 11.7. The number of anilines is 1. The predicted molar refractivity (Wildman–Crippen MR) is 118 cm³/mol. The maximum atomic E-state index is 13.4. The molecule has 2 aromatic carbocycles. The number of aryl methyl sites for hydroxylation is 1. The van der Waals surface area contributed by atoms with Crippen LogP contribution in [0.2, 0.25) is 0 Å². The minimum atomic E-state index is -3.54. The molecule has 2 heterocycles. The fourth-order valence-corrected chi connectivity index (χ4v) is 5.22. The lowest BCUT2D eigenvalue weighted by Crippen LogP contribution is -2.37. The Morgan fingerprint density at radius 2 is 1.77 bits per heavy atom. The van der Waals surface area contributed by atoms with Crippen LogP contribution in [0.3, 0.4) is 0 Å². The molecule has 1 amide bonds. The Morgan fingerprint density at radius 1 is 1.10 bits per heavy atom. The van der Waals surface area contributed by atoms with E-state index in [1.165, 1.54) is 28.6 Å². The molecule has 1 aliphatic rings. The van der Waals surface area contributed by atoms with Gasteiger partial charge >= 0.3 is 0 Å². The Labute approximate surface area is 181 Å². The third-order valence-electron chi connectivity index (χ3n) is 5.71. The SMILES string of the molecule is Cc1nc2cc(F)ccc2cc1C(=O)Nc1ccc(S(=O)(=O)N2CCC(C)CC2)cc1. The molecule has 31 heavy (non-hydrogen) atoms. The monoisotopic (exact) mass is 441 g/mol. The highest BCUT2D eigenvalue weighted by molar-refractivity contribution is 7.89. The van der Waals surface area contributed by atoms with Gasteiger partial charge in [-0.25, -0.2) is 12.8 Å². The number of hydrogen-bond donors (Lipinski definition) is 1. The lowest BCUT2D eigenvalue weighted by molar-refractivity contribution is 0.102. The fourth-order valence-electron chi connectivity index (χ4n) is 3.75. The first kappa shape index (κ1) is 21.4. The number of nitrogens with one attached hydrogen (secondary N) is 1. The molecule has 3 aromatic rings. The maximum absolute atomic E-state index is 13.4. The molecule has 4 rings (SSSR count). The maximum Gasteiger partial charge on any atom is 0.257 e. The van der Waals surface area contributed by atoms with Gasteiger partial charge in [-0.1, -0.05) is 6.92 Å². The average Bonchev–Trinajstić information content (AvgIpc) is 2.74. The predicted octanol–water partition coefficient (Wildman–Crippen LogP) is 4.36. The fraction of sp³-hybridized carbons (Fsp3) is 0.304. The zero-order valence-electron chi connectivity index (χ0n) is 17.4. The molecule has 0 bridgehead atoms. The smallest absolute Gasteiger partial charge is 0.257 e. The first-order chi connectivity index (χ1) is 14.7. The van der Waals surface area contributed by atoms with Gasteiger partial charge in [0.25, 0.3) is 5.91 Å². The van der Waals surface area contributed by atoms with Gasteiger partial charge in [-0.2, -0.15) is 4.31 Å². The van der Waals surface area contributed by atoms with Crippen LogP contribution in [0.5, 0.6) is 0 Å². The number of aromatic nitrogens is 1. The number of piperidine rings is 1. The number of fused-ring (bicyclic) bond motifs is 1. The van der Waals surface area contributed by atoms with Gasteiger partial charge in [0.2, 0.25) is 10.0 Å². The van der Waals surface area contributed by atoms with Gasteiger partial charge in [0.05, 0.1) is 21.7 Å². The molecule has 1 fully saturated rings. The highest BCUT2D eigenvalue weighted by Crippen LogP contribution is 2.25. The molecular formula is C23H24FN3O3S. The highest BCUT2D eigenvalue weighted by atomic mass is 32.2. The molecule has 1 saturated heterocycles. The van der Waals surface area contributed by atoms with E-state index in [0.717, 1.165) is 12.8 Å². The summed E-state index contributed by atoms with van der Waals surface area (Å²) in [5.74, 6) is -0.210. The number of rotatable bonds is 4. The largest absolute Gasteiger partial charge is 0.322 e. The van der Waals surface area contributed by atoms with E-state index >= 15 is 0 Å². The molecule has 0 unspecified atom stereocenters. The van der Waals surface area contributed by atoms with Gasteiger partial charge in [0.1, 0.15) is 5.82 Å². The molecule has 0 atom stereocenters. The summed E-state index contributed by atoms with van der Waals surface area (Å²) in [5, 5.41) is 3.44. The molecule has 1 aliphatic heterocycles. The summed E-state index contributed by atoms with van der Waals surface area (Å²) in [6.45, 7) is 4.88. The van der Waals surface area contributed by atoms with Crippen LogP contribution in [-0.2, 0) is 10.0 Å². The third-order valence-corrected chi connectivity index (χ3v) is 7.62. The van der Waals surface area contributed by atoms with Crippen molar-refractivity contribution in [1.82, 2.24) is 9.29 Å². The van der Waals surface area contributed by atoms with Gasteiger partial charge in [-0.05, 0) is 68.1 Å². The number of nitrogens with zero attached hydrogens (tertiary/aromatic N) is 2. The number of carbonyl (C=O) groups excluding carboxylic acids is 1. The lowest BCUT2D eigenvalue weighted by atomic mass is 10.0. The quantitative estimate of drug-likeness (QED) is 0.653. The minimum absolute atomic E-state index is 0.214. The van der Waals surface area contributed by atoms with E-state index in [1.807, 2.05) is 0 Å². The van der Waals surface area contributed by atoms with Crippen molar-refractivity contribution in [2.45, 2.75) is 31.6 Å². The number of pyridine rings is 1. The van der Waals surface area contributed by atoms with Gasteiger partial charge in [0.15, 0.2) is 0 Å². The number of halogens is 1. The summed E-state index contributed by atoms with van der Waals surface area (Å²) < 4.78 is 40.6. The number of hydrogen-bond acceptors (Lipinski definition) is 4. The number of amides is 1. The van der Waals surface area contributed by atoms with E-state index in [2.05, 4.69) is 17.2 Å². The van der Waals surface area contributed by atoms with Crippen LogP contribution < -0.4 is 5.32 Å². The second-order valence-electron chi connectivity index (χ2n) is 8.02. The molecule has 8 heteroatoms. The van der Waals surface area contributed by atoms with Gasteiger partial charge in [-0.3, -0.25) is 9.78 Å². The zero-order valence-corrected chi connectivity index (χ0v) is 18.2. The summed E-state index contributed by atoms with van der Waals surface area (Å²) in [7, 11) is -3.54. The molecule has 0 radical (unpaired) electrons. The van der Waals surface area contributed by atoms with E-state index in [9.17, 15) is 17.6 Å². The van der Waals surface area contributed by atoms with E-state index in [0.29, 0.717) is 46.9 Å². The van der Waals surface area contributed by atoms with Crippen molar-refractivity contribution in [3.63, 3.8) is 0 Å². The van der Waals surface area contributed by atoms with E-state index in [4.69, 9.17) is 0 Å². The number of carbonyl (C=O) groups is 1. The second kappa shape index (κ2) is 8.36. The van der Waals surface area contributed by atoms with Crippen LogP contribution >= 0.6 is 0 Å². The Hall–Kier alpha value is -2.84. The first-order valence-electron chi connectivity index (χ1n) is 10.2. The normalized spacial score (nSPS) is 15.8. The Kier molecular flexibility index (Phi) is 5.77. The van der Waals surface area contributed by atoms with Crippen molar-refractivity contribution in [3.8, 4) is 0 Å². The van der Waals surface area contributed by atoms with Gasteiger partial charge < -0.3 is 5.32 Å². The zero-order chi connectivity index (χ0) is 22.2. The van der Waals surface area contributed by atoms with Crippen LogP contribution in [0.4, 0.5) is 10.1 Å². The molecule has 0 saturated carbocycles. The molecule has 6 nitrogen and oxygen atoms in total. The van der Waals surface area contributed by atoms with Crippen molar-refractivity contribution in [1.29, 1.82) is 0 Å². The third kappa shape index (κ3) is 4.45. The summed E-state index contributed by atoms with van der Waals surface area (Å²) in [6, 6.07) is 12.1. The standard InChI is InChI=1S/C23H24FN3O3S/c1-15-9-11-27(12-10-15)31(29,30)20-7-5-19(6-8-20)26-23(28)21-13-17-3-4-18(24)14-22(17)25-16(21)2/h3-8,13-15H,9-12H2,1-2H3,(H,26,28). The Morgan fingerprint density at radius 3 is 2.45 bits per heavy atom. The molecule has 0 spiro atoms. The summed E-state index contributed by atoms with van der Waals surface area (Å²) in [6.07, 6.45) is 1.72. The van der Waals surface area contributed by atoms with Crippen LogP contribution in [0.15, 0.2) is 53.4 Å². The summed E-state index contributed by atoms with van der Waals surface area (Å²) in [4.78, 5) is 17.3. The van der Waals surface area contributed by atoms with E-state index < -0.39 is 10.0 Å². The minimum Gasteiger partial charge on any atom is -0.322 e. The molecular weight excluding hydrogens is 417 g/mol. The van der Waals surface area contributed by atoms with Crippen LogP contribution in [0.1, 0.15) is 35.8 Å². The van der Waals surface area contributed by atoms with Crippen molar-refractivity contribution in [3.05, 3.63) is 65.6 Å². The highest BCUT2D eigenvalue weighted by Gasteiger charge is 2.28. The summed E-state index contributed by atoms with van der Waals surface area (Å²) >= 11 is 0. The van der Waals surface area contributed by atoms with Gasteiger partial charge in [-0.15, -0.1) is 0 Å². The molecule has 1 aromatic heterocycles. The second-order valence-corrected chi connectivity index (χ2v) is 9.96. The van der Waals surface area contributed by atoms with Crippen LogP contribution in [0, 0.1) is 18.7 Å². The molecule has 0 aliphatic carbocycles. The van der Waals surface area contributed by atoms with Crippen molar-refractivity contribution in [2.75, 3.05) is 18.4 Å². The molecule has 162 valence electrons.